The van der Waals surface area contributed by atoms with Gasteiger partial charge in [0.2, 0.25) is 0 Å². The van der Waals surface area contributed by atoms with Crippen molar-refractivity contribution in [2.45, 2.75) is 43.6 Å². The molecule has 0 aromatic carbocycles. The smallest absolute Gasteiger partial charge is 0.0651 e. The van der Waals surface area contributed by atoms with Crippen molar-refractivity contribution >= 4 is 11.6 Å². The molecule has 2 heteroatoms. The third-order valence-electron chi connectivity index (χ3n) is 2.47. The van der Waals surface area contributed by atoms with Crippen LogP contribution in [0.25, 0.3) is 0 Å². The molecule has 0 unspecified atom stereocenters. The molecule has 10 heavy (non-hydrogen) atoms. The van der Waals surface area contributed by atoms with Gasteiger partial charge in [0, 0.05) is 12.5 Å². The molecule has 0 spiro atoms. The van der Waals surface area contributed by atoms with Crippen LogP contribution in [-0.2, 0) is 4.74 Å². The second-order valence-corrected chi connectivity index (χ2v) is 3.95. The topological polar surface area (TPSA) is 9.23 Å². The standard InChI is InChI=1S/C8H15ClO/c1-8(10-2)5-3-7(9)4-6-8/h7H,3-6H2,1-2H3. The largest absolute Gasteiger partial charge is 0.379 e. The van der Waals surface area contributed by atoms with Crippen LogP contribution in [0.3, 0.4) is 0 Å². The van der Waals surface area contributed by atoms with Gasteiger partial charge in [-0.1, -0.05) is 0 Å². The summed E-state index contributed by atoms with van der Waals surface area (Å²) in [5.41, 5.74) is 0.116. The van der Waals surface area contributed by atoms with Gasteiger partial charge in [-0.15, -0.1) is 11.6 Å². The highest BCUT2D eigenvalue weighted by atomic mass is 35.5. The molecule has 0 aromatic rings. The number of hydrogen-bond donors (Lipinski definition) is 0. The summed E-state index contributed by atoms with van der Waals surface area (Å²) in [6, 6.07) is 0. The SMILES string of the molecule is COC1(C)CCC(Cl)CC1. The molecule has 0 heterocycles. The summed E-state index contributed by atoms with van der Waals surface area (Å²) in [5.74, 6) is 0. The first-order valence-electron chi connectivity index (χ1n) is 3.85. The lowest BCUT2D eigenvalue weighted by Gasteiger charge is -2.34. The molecular formula is C8H15ClO. The molecule has 1 fully saturated rings. The minimum atomic E-state index is 0.116. The summed E-state index contributed by atoms with van der Waals surface area (Å²) >= 11 is 5.95. The van der Waals surface area contributed by atoms with E-state index in [0.717, 1.165) is 25.7 Å². The molecule has 1 nitrogen and oxygen atoms in total. The highest BCUT2D eigenvalue weighted by Crippen LogP contribution is 2.32. The fourth-order valence-electron chi connectivity index (χ4n) is 1.40. The number of alkyl halides is 1. The molecule has 1 rings (SSSR count). The van der Waals surface area contributed by atoms with Crippen LogP contribution in [0.15, 0.2) is 0 Å². The molecule has 1 aliphatic rings. The van der Waals surface area contributed by atoms with E-state index in [-0.39, 0.29) is 5.60 Å². The maximum Gasteiger partial charge on any atom is 0.0651 e. The quantitative estimate of drug-likeness (QED) is 0.539. The average Bonchev–Trinajstić information content (AvgIpc) is 1.96. The van der Waals surface area contributed by atoms with Crippen LogP contribution >= 0.6 is 11.6 Å². The predicted octanol–water partition coefficient (Wildman–Crippen LogP) is 2.57. The molecule has 0 aromatic heterocycles. The fourth-order valence-corrected chi connectivity index (χ4v) is 1.62. The summed E-state index contributed by atoms with van der Waals surface area (Å²) in [5, 5.41) is 0.392. The van der Waals surface area contributed by atoms with Crippen molar-refractivity contribution in [3.05, 3.63) is 0 Å². The Hall–Kier alpha value is 0.250. The minimum absolute atomic E-state index is 0.116. The number of halogens is 1. The van der Waals surface area contributed by atoms with Crippen molar-refractivity contribution in [3.8, 4) is 0 Å². The van der Waals surface area contributed by atoms with E-state index in [1.165, 1.54) is 0 Å². The third-order valence-corrected chi connectivity index (χ3v) is 2.90. The van der Waals surface area contributed by atoms with Crippen LogP contribution in [0.2, 0.25) is 0 Å². The van der Waals surface area contributed by atoms with Gasteiger partial charge in [0.05, 0.1) is 5.60 Å². The van der Waals surface area contributed by atoms with Crippen LogP contribution < -0.4 is 0 Å². The van der Waals surface area contributed by atoms with Gasteiger partial charge < -0.3 is 4.74 Å². The Labute approximate surface area is 67.7 Å². The fraction of sp³-hybridized carbons (Fsp3) is 1.00. The van der Waals surface area contributed by atoms with E-state index in [4.69, 9.17) is 16.3 Å². The molecule has 0 amide bonds. The highest BCUT2D eigenvalue weighted by Gasteiger charge is 2.29. The normalized spacial score (nSPS) is 41.7. The minimum Gasteiger partial charge on any atom is -0.379 e. The monoisotopic (exact) mass is 162 g/mol. The van der Waals surface area contributed by atoms with Crippen LogP contribution in [0, 0.1) is 0 Å². The van der Waals surface area contributed by atoms with Crippen molar-refractivity contribution < 1.29 is 4.74 Å². The average molecular weight is 163 g/mol. The Morgan fingerprint density at radius 3 is 2.30 bits per heavy atom. The van der Waals surface area contributed by atoms with E-state index in [9.17, 15) is 0 Å². The zero-order chi connectivity index (χ0) is 7.61. The summed E-state index contributed by atoms with van der Waals surface area (Å²) < 4.78 is 5.37. The molecular weight excluding hydrogens is 148 g/mol. The van der Waals surface area contributed by atoms with Crippen LogP contribution in [-0.4, -0.2) is 18.1 Å². The zero-order valence-electron chi connectivity index (χ0n) is 6.69. The van der Waals surface area contributed by atoms with E-state index in [2.05, 4.69) is 6.92 Å². The van der Waals surface area contributed by atoms with Gasteiger partial charge in [0.25, 0.3) is 0 Å². The molecule has 0 N–H and O–H groups in total. The molecule has 0 bridgehead atoms. The molecule has 60 valence electrons. The lowest BCUT2D eigenvalue weighted by molar-refractivity contribution is -0.0224. The Bertz CT molecular complexity index is 106. The van der Waals surface area contributed by atoms with E-state index in [1.807, 2.05) is 0 Å². The summed E-state index contributed by atoms with van der Waals surface area (Å²) in [7, 11) is 1.79. The lowest BCUT2D eigenvalue weighted by atomic mass is 9.86. The van der Waals surface area contributed by atoms with Gasteiger partial charge >= 0.3 is 0 Å². The highest BCUT2D eigenvalue weighted by molar-refractivity contribution is 6.20. The van der Waals surface area contributed by atoms with Crippen molar-refractivity contribution in [1.29, 1.82) is 0 Å². The van der Waals surface area contributed by atoms with Crippen molar-refractivity contribution in [1.82, 2.24) is 0 Å². The van der Waals surface area contributed by atoms with E-state index < -0.39 is 0 Å². The number of methoxy groups -OCH3 is 1. The number of ether oxygens (including phenoxy) is 1. The molecule has 0 aliphatic heterocycles. The summed E-state index contributed by atoms with van der Waals surface area (Å²) in [6.07, 6.45) is 4.42. The Kier molecular flexibility index (Phi) is 2.59. The predicted molar refractivity (Wildman–Crippen MR) is 43.5 cm³/mol. The van der Waals surface area contributed by atoms with Crippen LogP contribution in [0.5, 0.6) is 0 Å². The summed E-state index contributed by atoms with van der Waals surface area (Å²) in [6.45, 7) is 2.16. The molecule has 1 aliphatic carbocycles. The van der Waals surface area contributed by atoms with Gasteiger partial charge in [-0.3, -0.25) is 0 Å². The maximum atomic E-state index is 5.95. The first-order valence-corrected chi connectivity index (χ1v) is 4.29. The Morgan fingerprint density at radius 2 is 1.90 bits per heavy atom. The molecule has 1 saturated carbocycles. The first-order chi connectivity index (χ1) is 4.66. The second kappa shape index (κ2) is 3.10. The molecule has 0 saturated heterocycles. The van der Waals surface area contributed by atoms with Crippen LogP contribution in [0.1, 0.15) is 32.6 Å². The first kappa shape index (κ1) is 8.35. The van der Waals surface area contributed by atoms with Crippen molar-refractivity contribution in [2.24, 2.45) is 0 Å². The van der Waals surface area contributed by atoms with Gasteiger partial charge in [-0.05, 0) is 32.6 Å². The number of rotatable bonds is 1. The Balaban J connectivity index is 2.38. The van der Waals surface area contributed by atoms with Gasteiger partial charge in [-0.2, -0.15) is 0 Å². The Morgan fingerprint density at radius 1 is 1.40 bits per heavy atom. The number of hydrogen-bond acceptors (Lipinski definition) is 1. The van der Waals surface area contributed by atoms with E-state index >= 15 is 0 Å². The van der Waals surface area contributed by atoms with Gasteiger partial charge in [0.1, 0.15) is 0 Å². The molecule has 0 atom stereocenters. The van der Waals surface area contributed by atoms with Crippen molar-refractivity contribution in [2.75, 3.05) is 7.11 Å². The van der Waals surface area contributed by atoms with E-state index in [1.54, 1.807) is 7.11 Å². The third kappa shape index (κ3) is 1.86. The van der Waals surface area contributed by atoms with Gasteiger partial charge in [-0.25, -0.2) is 0 Å². The van der Waals surface area contributed by atoms with Gasteiger partial charge in [0.15, 0.2) is 0 Å². The van der Waals surface area contributed by atoms with E-state index in [0.29, 0.717) is 5.38 Å². The van der Waals surface area contributed by atoms with Crippen molar-refractivity contribution in [3.63, 3.8) is 0 Å². The maximum absolute atomic E-state index is 5.95. The van der Waals surface area contributed by atoms with Crippen LogP contribution in [0.4, 0.5) is 0 Å². The second-order valence-electron chi connectivity index (χ2n) is 3.33. The lowest BCUT2D eigenvalue weighted by Crippen LogP contribution is -2.32. The zero-order valence-corrected chi connectivity index (χ0v) is 7.45. The molecule has 0 radical (unpaired) electrons. The summed E-state index contributed by atoms with van der Waals surface area (Å²) in [4.78, 5) is 0.